The molecule has 0 amide bonds. The van der Waals surface area contributed by atoms with Gasteiger partial charge < -0.3 is 5.73 Å². The van der Waals surface area contributed by atoms with E-state index in [1.807, 2.05) is 0 Å². The molecule has 18 heavy (non-hydrogen) atoms. The van der Waals surface area contributed by atoms with E-state index in [1.165, 1.54) is 19.1 Å². The van der Waals surface area contributed by atoms with E-state index < -0.39 is 10.0 Å². The van der Waals surface area contributed by atoms with Crippen LogP contribution in [0.4, 0.5) is 0 Å². The zero-order valence-electron chi connectivity index (χ0n) is 11.8. The summed E-state index contributed by atoms with van der Waals surface area (Å²) in [4.78, 5) is 2.35. The first-order valence-corrected chi connectivity index (χ1v) is 8.64. The molecule has 0 aromatic carbocycles. The molecule has 6 heteroatoms. The van der Waals surface area contributed by atoms with Crippen LogP contribution >= 0.6 is 0 Å². The van der Waals surface area contributed by atoms with Crippen molar-refractivity contribution in [2.24, 2.45) is 11.7 Å². The van der Waals surface area contributed by atoms with Crippen molar-refractivity contribution >= 4 is 10.0 Å². The second-order valence-corrected chi connectivity index (χ2v) is 7.25. The van der Waals surface area contributed by atoms with Gasteiger partial charge in [0, 0.05) is 38.8 Å². The third-order valence-electron chi connectivity index (χ3n) is 3.85. The Kier molecular flexibility index (Phi) is 6.04. The van der Waals surface area contributed by atoms with Gasteiger partial charge in [-0.3, -0.25) is 4.90 Å². The van der Waals surface area contributed by atoms with Gasteiger partial charge in [0.25, 0.3) is 0 Å². The van der Waals surface area contributed by atoms with Crippen LogP contribution in [0.2, 0.25) is 0 Å². The molecule has 1 heterocycles. The SMILES string of the molecule is CCCC(C)C(CN)N1CCN(S(C)(=O)=O)CC1. The number of sulfonamides is 1. The second-order valence-electron chi connectivity index (χ2n) is 5.27. The molecule has 1 rings (SSSR count). The molecule has 1 aliphatic heterocycles. The van der Waals surface area contributed by atoms with Gasteiger partial charge in [-0.2, -0.15) is 4.31 Å². The normalized spacial score (nSPS) is 22.9. The van der Waals surface area contributed by atoms with Gasteiger partial charge in [-0.15, -0.1) is 0 Å². The van der Waals surface area contributed by atoms with Crippen molar-refractivity contribution in [2.45, 2.75) is 32.7 Å². The maximum absolute atomic E-state index is 11.5. The van der Waals surface area contributed by atoms with E-state index >= 15 is 0 Å². The summed E-state index contributed by atoms with van der Waals surface area (Å²) < 4.78 is 24.5. The standard InChI is InChI=1S/C12H27N3O2S/c1-4-5-11(2)12(10-13)14-6-8-15(9-7-14)18(3,16)17/h11-12H,4-10,13H2,1-3H3. The van der Waals surface area contributed by atoms with Gasteiger partial charge in [0.05, 0.1) is 6.26 Å². The summed E-state index contributed by atoms with van der Waals surface area (Å²) in [6.45, 7) is 7.85. The summed E-state index contributed by atoms with van der Waals surface area (Å²) in [5.74, 6) is 0.574. The van der Waals surface area contributed by atoms with Crippen molar-refractivity contribution in [1.82, 2.24) is 9.21 Å². The van der Waals surface area contributed by atoms with E-state index in [0.717, 1.165) is 13.1 Å². The van der Waals surface area contributed by atoms with Crippen LogP contribution in [0.3, 0.4) is 0 Å². The second kappa shape index (κ2) is 6.84. The third kappa shape index (κ3) is 4.19. The molecule has 0 aromatic rings. The first-order chi connectivity index (χ1) is 8.40. The van der Waals surface area contributed by atoms with E-state index in [0.29, 0.717) is 31.6 Å². The summed E-state index contributed by atoms with van der Waals surface area (Å²) >= 11 is 0. The Morgan fingerprint density at radius 3 is 2.17 bits per heavy atom. The Hall–Kier alpha value is -0.170. The number of hydrogen-bond acceptors (Lipinski definition) is 4. The fourth-order valence-corrected chi connectivity index (χ4v) is 3.58. The van der Waals surface area contributed by atoms with Crippen LogP contribution < -0.4 is 5.73 Å². The average Bonchev–Trinajstić information content (AvgIpc) is 2.30. The maximum Gasteiger partial charge on any atom is 0.211 e. The van der Waals surface area contributed by atoms with Crippen molar-refractivity contribution in [1.29, 1.82) is 0 Å². The van der Waals surface area contributed by atoms with Crippen LogP contribution in [0.1, 0.15) is 26.7 Å². The number of nitrogens with zero attached hydrogens (tertiary/aromatic N) is 2. The summed E-state index contributed by atoms with van der Waals surface area (Å²) in [6.07, 6.45) is 3.62. The van der Waals surface area contributed by atoms with Gasteiger partial charge in [0.1, 0.15) is 0 Å². The summed E-state index contributed by atoms with van der Waals surface area (Å²) in [5, 5.41) is 0. The lowest BCUT2D eigenvalue weighted by Gasteiger charge is -2.40. The van der Waals surface area contributed by atoms with Crippen LogP contribution in [0.5, 0.6) is 0 Å². The first kappa shape index (κ1) is 15.9. The Balaban J connectivity index is 2.55. The van der Waals surface area contributed by atoms with Crippen molar-refractivity contribution in [3.63, 3.8) is 0 Å². The van der Waals surface area contributed by atoms with Gasteiger partial charge in [-0.1, -0.05) is 20.3 Å². The van der Waals surface area contributed by atoms with Crippen LogP contribution in [-0.4, -0.2) is 62.6 Å². The largest absolute Gasteiger partial charge is 0.329 e. The van der Waals surface area contributed by atoms with Gasteiger partial charge in [0.15, 0.2) is 0 Å². The molecule has 0 spiro atoms. The molecule has 0 bridgehead atoms. The van der Waals surface area contributed by atoms with Gasteiger partial charge in [0.2, 0.25) is 10.0 Å². The Labute approximate surface area is 111 Å². The first-order valence-electron chi connectivity index (χ1n) is 6.79. The van der Waals surface area contributed by atoms with Gasteiger partial charge >= 0.3 is 0 Å². The Bertz CT molecular complexity index is 337. The number of rotatable bonds is 6. The van der Waals surface area contributed by atoms with Gasteiger partial charge in [-0.25, -0.2) is 8.42 Å². The van der Waals surface area contributed by atoms with E-state index in [-0.39, 0.29) is 0 Å². The predicted octanol–water partition coefficient (Wildman–Crippen LogP) is 0.327. The monoisotopic (exact) mass is 277 g/mol. The maximum atomic E-state index is 11.5. The molecule has 0 saturated carbocycles. The molecular formula is C12H27N3O2S. The van der Waals surface area contributed by atoms with Crippen LogP contribution in [0, 0.1) is 5.92 Å². The molecule has 1 saturated heterocycles. The molecule has 2 N–H and O–H groups in total. The Morgan fingerprint density at radius 2 is 1.78 bits per heavy atom. The summed E-state index contributed by atoms with van der Waals surface area (Å²) in [5.41, 5.74) is 5.88. The van der Waals surface area contributed by atoms with Crippen LogP contribution in [-0.2, 0) is 10.0 Å². The lowest BCUT2D eigenvalue weighted by molar-refractivity contribution is 0.105. The molecule has 2 unspecified atom stereocenters. The quantitative estimate of drug-likeness (QED) is 0.759. The highest BCUT2D eigenvalue weighted by atomic mass is 32.2. The third-order valence-corrected chi connectivity index (χ3v) is 5.16. The molecule has 2 atom stereocenters. The fourth-order valence-electron chi connectivity index (χ4n) is 2.76. The summed E-state index contributed by atoms with van der Waals surface area (Å²) in [6, 6.07) is 0.381. The number of nitrogens with two attached hydrogens (primary N) is 1. The molecule has 108 valence electrons. The zero-order chi connectivity index (χ0) is 13.8. The summed E-state index contributed by atoms with van der Waals surface area (Å²) in [7, 11) is -3.04. The Morgan fingerprint density at radius 1 is 1.22 bits per heavy atom. The van der Waals surface area contributed by atoms with E-state index in [1.54, 1.807) is 4.31 Å². The van der Waals surface area contributed by atoms with Crippen LogP contribution in [0.25, 0.3) is 0 Å². The minimum atomic E-state index is -3.04. The fraction of sp³-hybridized carbons (Fsp3) is 1.00. The smallest absolute Gasteiger partial charge is 0.211 e. The van der Waals surface area contributed by atoms with Gasteiger partial charge in [-0.05, 0) is 12.3 Å². The highest BCUT2D eigenvalue weighted by Gasteiger charge is 2.29. The minimum Gasteiger partial charge on any atom is -0.329 e. The molecule has 5 nitrogen and oxygen atoms in total. The van der Waals surface area contributed by atoms with Crippen molar-refractivity contribution in [3.05, 3.63) is 0 Å². The molecular weight excluding hydrogens is 250 g/mol. The molecule has 0 radical (unpaired) electrons. The number of hydrogen-bond donors (Lipinski definition) is 1. The topological polar surface area (TPSA) is 66.6 Å². The highest BCUT2D eigenvalue weighted by molar-refractivity contribution is 7.88. The lowest BCUT2D eigenvalue weighted by Crippen LogP contribution is -2.55. The predicted molar refractivity (Wildman–Crippen MR) is 74.9 cm³/mol. The molecule has 0 aliphatic carbocycles. The van der Waals surface area contributed by atoms with Crippen molar-refractivity contribution in [2.75, 3.05) is 39.0 Å². The van der Waals surface area contributed by atoms with E-state index in [9.17, 15) is 8.42 Å². The van der Waals surface area contributed by atoms with Crippen molar-refractivity contribution < 1.29 is 8.42 Å². The molecule has 1 fully saturated rings. The molecule has 1 aliphatic rings. The zero-order valence-corrected chi connectivity index (χ0v) is 12.6. The lowest BCUT2D eigenvalue weighted by atomic mass is 9.95. The van der Waals surface area contributed by atoms with Crippen LogP contribution in [0.15, 0.2) is 0 Å². The molecule has 0 aromatic heterocycles. The van der Waals surface area contributed by atoms with E-state index in [2.05, 4.69) is 18.7 Å². The van der Waals surface area contributed by atoms with E-state index in [4.69, 9.17) is 5.73 Å². The van der Waals surface area contributed by atoms with Crippen molar-refractivity contribution in [3.8, 4) is 0 Å². The average molecular weight is 277 g/mol. The minimum absolute atomic E-state index is 0.381. The highest BCUT2D eigenvalue weighted by Crippen LogP contribution is 2.18. The number of piperazine rings is 1.